The molecular formula is C31H44N2. The van der Waals surface area contributed by atoms with Gasteiger partial charge in [0, 0.05) is 5.92 Å². The molecule has 0 bridgehead atoms. The summed E-state index contributed by atoms with van der Waals surface area (Å²) in [5.41, 5.74) is 4.95. The molecule has 0 unspecified atom stereocenters. The molecule has 178 valence electrons. The number of benzene rings is 2. The summed E-state index contributed by atoms with van der Waals surface area (Å²) in [6.07, 6.45) is 19.0. The summed E-state index contributed by atoms with van der Waals surface area (Å²) in [6.45, 7) is 4.55. The molecule has 1 saturated carbocycles. The third kappa shape index (κ3) is 8.91. The smallest absolute Gasteiger partial charge is 0.0733 e. The number of hydrogen-bond donors (Lipinski definition) is 0. The zero-order valence-corrected chi connectivity index (χ0v) is 21.0. The van der Waals surface area contributed by atoms with Gasteiger partial charge in [0.2, 0.25) is 0 Å². The minimum absolute atomic E-state index is 0.525. The first-order valence-electron chi connectivity index (χ1n) is 13.6. The van der Waals surface area contributed by atoms with Gasteiger partial charge in [-0.25, -0.2) is 0 Å². The molecule has 0 spiro atoms. The summed E-state index contributed by atoms with van der Waals surface area (Å²) in [7, 11) is 0. The summed E-state index contributed by atoms with van der Waals surface area (Å²) in [4.78, 5) is 0. The van der Waals surface area contributed by atoms with Crippen LogP contribution in [0.2, 0.25) is 0 Å². The molecule has 0 saturated heterocycles. The van der Waals surface area contributed by atoms with Crippen molar-refractivity contribution >= 4 is 11.9 Å². The predicted octanol–water partition coefficient (Wildman–Crippen LogP) is 9.02. The van der Waals surface area contributed by atoms with E-state index in [1.807, 2.05) is 6.21 Å². The summed E-state index contributed by atoms with van der Waals surface area (Å²) in [6, 6.07) is 19.5. The number of aryl methyl sites for hydroxylation is 1. The fourth-order valence-electron chi connectivity index (χ4n) is 5.08. The zero-order chi connectivity index (χ0) is 23.1. The fraction of sp³-hybridized carbons (Fsp3) is 0.548. The molecule has 1 fully saturated rings. The average Bonchev–Trinajstić information content (AvgIpc) is 2.87. The van der Waals surface area contributed by atoms with Gasteiger partial charge in [-0.3, -0.25) is 0 Å². The molecular weight excluding hydrogens is 400 g/mol. The van der Waals surface area contributed by atoms with Gasteiger partial charge in [-0.15, -0.1) is 0 Å². The van der Waals surface area contributed by atoms with E-state index in [1.54, 1.807) is 0 Å². The normalized spacial score (nSPS) is 19.3. The Bertz CT molecular complexity index is 827. The van der Waals surface area contributed by atoms with E-state index in [0.29, 0.717) is 5.92 Å². The Morgan fingerprint density at radius 2 is 1.48 bits per heavy atom. The van der Waals surface area contributed by atoms with Crippen molar-refractivity contribution in [3.05, 3.63) is 71.3 Å². The van der Waals surface area contributed by atoms with Crippen molar-refractivity contribution in [2.75, 3.05) is 0 Å². The molecule has 2 heteroatoms. The molecule has 33 heavy (non-hydrogen) atoms. The van der Waals surface area contributed by atoms with Gasteiger partial charge in [0.1, 0.15) is 0 Å². The summed E-state index contributed by atoms with van der Waals surface area (Å²) < 4.78 is 0. The molecule has 0 heterocycles. The van der Waals surface area contributed by atoms with Gasteiger partial charge in [-0.2, -0.15) is 10.2 Å². The third-order valence-corrected chi connectivity index (χ3v) is 7.19. The topological polar surface area (TPSA) is 24.7 Å². The van der Waals surface area contributed by atoms with Gasteiger partial charge in [0.25, 0.3) is 0 Å². The van der Waals surface area contributed by atoms with E-state index in [1.165, 1.54) is 100 Å². The fourth-order valence-corrected chi connectivity index (χ4v) is 5.08. The maximum atomic E-state index is 4.79. The SMILES string of the molecule is CCCCCCC1CCC(C(=NN=Cc2ccc(CCCCC)cc2)c2ccccc2)CC1. The highest BCUT2D eigenvalue weighted by Gasteiger charge is 2.25. The minimum Gasteiger partial charge on any atom is -0.158 e. The lowest BCUT2D eigenvalue weighted by Gasteiger charge is -2.29. The van der Waals surface area contributed by atoms with Crippen molar-refractivity contribution in [3.63, 3.8) is 0 Å². The van der Waals surface area contributed by atoms with Crippen LogP contribution in [0.4, 0.5) is 0 Å². The Balaban J connectivity index is 1.61. The van der Waals surface area contributed by atoms with Gasteiger partial charge in [0.05, 0.1) is 11.9 Å². The summed E-state index contributed by atoms with van der Waals surface area (Å²) in [5.74, 6) is 1.44. The Kier molecular flexibility index (Phi) is 11.4. The number of rotatable bonds is 13. The highest BCUT2D eigenvalue weighted by atomic mass is 15.2. The molecule has 0 aromatic heterocycles. The second-order valence-electron chi connectivity index (χ2n) is 9.86. The van der Waals surface area contributed by atoms with Gasteiger partial charge >= 0.3 is 0 Å². The molecule has 0 radical (unpaired) electrons. The molecule has 0 N–H and O–H groups in total. The van der Waals surface area contributed by atoms with Crippen LogP contribution in [0.1, 0.15) is 108 Å². The van der Waals surface area contributed by atoms with E-state index in [4.69, 9.17) is 5.10 Å². The van der Waals surface area contributed by atoms with Crippen LogP contribution in [0.3, 0.4) is 0 Å². The first-order valence-corrected chi connectivity index (χ1v) is 13.6. The molecule has 1 aliphatic carbocycles. The van der Waals surface area contributed by atoms with Crippen LogP contribution in [-0.4, -0.2) is 11.9 Å². The van der Waals surface area contributed by atoms with Gasteiger partial charge < -0.3 is 0 Å². The number of unbranched alkanes of at least 4 members (excludes halogenated alkanes) is 5. The van der Waals surface area contributed by atoms with Gasteiger partial charge in [-0.05, 0) is 61.1 Å². The van der Waals surface area contributed by atoms with Crippen LogP contribution in [-0.2, 0) is 6.42 Å². The maximum absolute atomic E-state index is 4.79. The molecule has 2 aromatic carbocycles. The number of hydrogen-bond acceptors (Lipinski definition) is 2. The second-order valence-corrected chi connectivity index (χ2v) is 9.86. The first kappa shape index (κ1) is 25.4. The van der Waals surface area contributed by atoms with Crippen molar-refractivity contribution in [2.24, 2.45) is 22.0 Å². The van der Waals surface area contributed by atoms with Crippen LogP contribution in [0.25, 0.3) is 0 Å². The lowest BCUT2D eigenvalue weighted by atomic mass is 9.76. The monoisotopic (exact) mass is 444 g/mol. The van der Waals surface area contributed by atoms with E-state index in [2.05, 4.69) is 73.5 Å². The standard InChI is InChI=1S/C31H44N2/c1-3-5-7-10-14-27-21-23-30(24-22-27)31(29-15-11-8-12-16-29)33-32-25-28-19-17-26(18-20-28)13-9-6-4-2/h8,11-12,15-20,25,27,30H,3-7,9-10,13-14,21-24H2,1-2H3. The lowest BCUT2D eigenvalue weighted by molar-refractivity contribution is 0.298. The molecule has 2 aromatic rings. The van der Waals surface area contributed by atoms with Crippen LogP contribution in [0, 0.1) is 11.8 Å². The molecule has 0 aliphatic heterocycles. The van der Waals surface area contributed by atoms with Gasteiger partial charge in [0.15, 0.2) is 0 Å². The van der Waals surface area contributed by atoms with Crippen LogP contribution >= 0.6 is 0 Å². The van der Waals surface area contributed by atoms with Crippen LogP contribution in [0.15, 0.2) is 64.8 Å². The minimum atomic E-state index is 0.525. The summed E-state index contributed by atoms with van der Waals surface area (Å²) >= 11 is 0. The maximum Gasteiger partial charge on any atom is 0.0733 e. The molecule has 1 aliphatic rings. The molecule has 0 atom stereocenters. The van der Waals surface area contributed by atoms with E-state index in [0.717, 1.165) is 11.5 Å². The number of nitrogens with zero attached hydrogens (tertiary/aromatic N) is 2. The third-order valence-electron chi connectivity index (χ3n) is 7.19. The highest BCUT2D eigenvalue weighted by Crippen LogP contribution is 2.34. The second kappa shape index (κ2) is 14.8. The average molecular weight is 445 g/mol. The van der Waals surface area contributed by atoms with Crippen molar-refractivity contribution in [1.29, 1.82) is 0 Å². The van der Waals surface area contributed by atoms with Crippen molar-refractivity contribution < 1.29 is 0 Å². The van der Waals surface area contributed by atoms with Crippen molar-refractivity contribution in [1.82, 2.24) is 0 Å². The Labute approximate surface area is 202 Å². The Hall–Kier alpha value is -2.22. The Morgan fingerprint density at radius 1 is 0.788 bits per heavy atom. The predicted molar refractivity (Wildman–Crippen MR) is 144 cm³/mol. The van der Waals surface area contributed by atoms with Crippen molar-refractivity contribution in [2.45, 2.75) is 97.3 Å². The largest absolute Gasteiger partial charge is 0.158 e. The Morgan fingerprint density at radius 3 is 2.18 bits per heavy atom. The summed E-state index contributed by atoms with van der Waals surface area (Å²) in [5, 5.41) is 9.34. The van der Waals surface area contributed by atoms with E-state index >= 15 is 0 Å². The van der Waals surface area contributed by atoms with E-state index in [-0.39, 0.29) is 0 Å². The molecule has 0 amide bonds. The zero-order valence-electron chi connectivity index (χ0n) is 21.0. The lowest BCUT2D eigenvalue weighted by Crippen LogP contribution is -2.22. The van der Waals surface area contributed by atoms with Crippen molar-refractivity contribution in [3.8, 4) is 0 Å². The quantitative estimate of drug-likeness (QED) is 0.167. The van der Waals surface area contributed by atoms with Gasteiger partial charge in [-0.1, -0.05) is 113 Å². The van der Waals surface area contributed by atoms with E-state index < -0.39 is 0 Å². The van der Waals surface area contributed by atoms with Crippen LogP contribution in [0.5, 0.6) is 0 Å². The van der Waals surface area contributed by atoms with E-state index in [9.17, 15) is 0 Å². The molecule has 2 nitrogen and oxygen atoms in total. The first-order chi connectivity index (χ1) is 16.3. The van der Waals surface area contributed by atoms with Crippen LogP contribution < -0.4 is 0 Å². The highest BCUT2D eigenvalue weighted by molar-refractivity contribution is 6.02. The molecule has 3 rings (SSSR count).